The number of fused-ring (bicyclic) bond motifs is 3. The summed E-state index contributed by atoms with van der Waals surface area (Å²) in [5.41, 5.74) is 25.1. The zero-order valence-electron chi connectivity index (χ0n) is 48.1. The smallest absolute Gasteiger partial charge is 0.243 e. The van der Waals surface area contributed by atoms with Gasteiger partial charge >= 0.3 is 0 Å². The average Bonchev–Trinajstić information content (AvgIpc) is 2.02. The number of guanidine groups is 1. The van der Waals surface area contributed by atoms with Gasteiger partial charge in [0.2, 0.25) is 5.91 Å². The van der Waals surface area contributed by atoms with Gasteiger partial charge in [0.05, 0.1) is 30.5 Å². The molecule has 3 aliphatic heterocycles. The van der Waals surface area contributed by atoms with Crippen LogP contribution in [0.15, 0.2) is 130 Å². The number of hydrogen-bond donors (Lipinski definition) is 11. The maximum atomic E-state index is 15.3. The van der Waals surface area contributed by atoms with E-state index in [1.807, 2.05) is 61.5 Å². The molecule has 13 atom stereocenters. The fourth-order valence-electron chi connectivity index (χ4n) is 15.2. The van der Waals surface area contributed by atoms with Crippen LogP contribution < -0.4 is 33.2 Å². The van der Waals surface area contributed by atoms with Crippen molar-refractivity contribution in [1.29, 1.82) is 0 Å². The summed E-state index contributed by atoms with van der Waals surface area (Å²) in [7, 11) is 0. The van der Waals surface area contributed by atoms with Gasteiger partial charge in [-0.2, -0.15) is 0 Å². The molecule has 9 rings (SSSR count). The van der Waals surface area contributed by atoms with E-state index in [9.17, 15) is 30.3 Å². The number of carbonyl (C=O) groups excluding carboxylic acids is 2. The summed E-state index contributed by atoms with van der Waals surface area (Å²) in [6, 6.07) is 19.3. The number of carbonyl (C=O) groups is 2. The Kier molecular flexibility index (Phi) is 19.6. The molecule has 0 radical (unpaired) electrons. The van der Waals surface area contributed by atoms with Gasteiger partial charge in [-0.3, -0.25) is 19.9 Å². The van der Waals surface area contributed by atoms with Crippen LogP contribution in [0.25, 0.3) is 0 Å². The number of aromatic hydroxyl groups is 1. The number of rotatable bonds is 7. The molecule has 2 bridgehead atoms. The van der Waals surface area contributed by atoms with E-state index in [1.165, 1.54) is 5.57 Å². The molecule has 82 heavy (non-hydrogen) atoms. The van der Waals surface area contributed by atoms with Crippen LogP contribution >= 0.6 is 0 Å². The second kappa shape index (κ2) is 26.6. The lowest BCUT2D eigenvalue weighted by Crippen LogP contribution is -2.65. The first-order chi connectivity index (χ1) is 39.4. The molecule has 0 aromatic heterocycles. The normalized spacial score (nSPS) is 34.4. The van der Waals surface area contributed by atoms with Crippen LogP contribution in [0, 0.1) is 40.9 Å². The number of β-amino-alcohol motifs (C(OH)–C–C–N with tert-alkyl or cyclic N) is 1. The Balaban J connectivity index is 1.13. The molecule has 0 unspecified atom stereocenters. The quantitative estimate of drug-likeness (QED) is 0.0516. The predicted molar refractivity (Wildman–Crippen MR) is 321 cm³/mol. The third-order valence-corrected chi connectivity index (χ3v) is 19.2. The highest BCUT2D eigenvalue weighted by Crippen LogP contribution is 2.69. The Labute approximate surface area is 484 Å². The van der Waals surface area contributed by atoms with Crippen LogP contribution in [0.2, 0.25) is 0 Å². The van der Waals surface area contributed by atoms with Crippen molar-refractivity contribution >= 4 is 17.6 Å². The molecule has 3 aromatic carbocycles. The molecular formula is C67H87N7O8. The molecule has 3 heterocycles. The van der Waals surface area contributed by atoms with E-state index in [1.54, 1.807) is 24.3 Å². The molecule has 1 amide bonds. The second-order valence-electron chi connectivity index (χ2n) is 24.1. The van der Waals surface area contributed by atoms with Crippen molar-refractivity contribution in [3.05, 3.63) is 159 Å². The minimum absolute atomic E-state index is 0.0301. The number of likely N-dealkylation sites (N-methyl/N-ethyl adjacent to an activating group) is 1. The Hall–Kier alpha value is -6.19. The van der Waals surface area contributed by atoms with E-state index in [4.69, 9.17) is 21.9 Å². The van der Waals surface area contributed by atoms with Crippen molar-refractivity contribution in [1.82, 2.24) is 16.0 Å². The highest BCUT2D eigenvalue weighted by Gasteiger charge is 2.70. The molecular weight excluding hydrogens is 1030 g/mol. The van der Waals surface area contributed by atoms with Gasteiger partial charge in [0.1, 0.15) is 24.6 Å². The molecule has 15 nitrogen and oxygen atoms in total. The van der Waals surface area contributed by atoms with Crippen LogP contribution in [-0.4, -0.2) is 106 Å². The van der Waals surface area contributed by atoms with Gasteiger partial charge in [-0.05, 0) is 165 Å². The summed E-state index contributed by atoms with van der Waals surface area (Å²) in [6.07, 6.45) is 10.7. The molecule has 0 saturated heterocycles. The van der Waals surface area contributed by atoms with Crippen molar-refractivity contribution < 1.29 is 39.9 Å². The number of ether oxygens (including phenoxy) is 1. The van der Waals surface area contributed by atoms with Crippen molar-refractivity contribution in [3.8, 4) is 17.6 Å². The number of hydrogen-bond acceptors (Lipinski definition) is 12. The summed E-state index contributed by atoms with van der Waals surface area (Å²) >= 11 is 0. The Bertz CT molecular complexity index is 3040. The molecule has 3 aromatic rings. The van der Waals surface area contributed by atoms with Crippen LogP contribution in [0.1, 0.15) is 136 Å². The van der Waals surface area contributed by atoms with Crippen molar-refractivity contribution in [3.63, 3.8) is 0 Å². The number of amides is 1. The summed E-state index contributed by atoms with van der Waals surface area (Å²) in [5.74, 6) is 3.88. The van der Waals surface area contributed by atoms with Crippen LogP contribution in [-0.2, 0) is 33.6 Å². The van der Waals surface area contributed by atoms with E-state index >= 15 is 4.79 Å². The summed E-state index contributed by atoms with van der Waals surface area (Å²) < 4.78 is 6.33. The lowest BCUT2D eigenvalue weighted by molar-refractivity contribution is -0.216. The number of phenols is 1. The average molecular weight is 1120 g/mol. The molecule has 14 N–H and O–H groups in total. The third kappa shape index (κ3) is 13.0. The minimum atomic E-state index is -1.27. The number of nitrogens with one attached hydrogen (secondary N) is 3. The first-order valence-corrected chi connectivity index (χ1v) is 29.7. The second-order valence-corrected chi connectivity index (χ2v) is 24.1. The molecule has 3 aliphatic carbocycles. The molecule has 3 fully saturated rings. The zero-order valence-corrected chi connectivity index (χ0v) is 48.1. The standard InChI is InChI=1S/C67H87N7O8/c1-5-71-57-27-20-40(2)12-6-7-31-82-39-47(17-8-13-41(57)3)53-36-48-18-11-29-66(81)30-28-51-42(4)58(77)35-46-16-10-19-52-60(46)61(64(80)74-63(52)68)72-38-59(78)54(55(37-73-65(69)70)45-21-23-49(75)24-22-45)34-44-15-9-14-43(32-44)33-50(76)25-26-56(51)67(48,66)62(53)79/h8-10,13-17,19-24,32,48,50,53-57,59,61-63,71-72,75-76,78-79,81H,3,5,11-12,18,25-31,33-39,68H2,1-2,4H3,(H,74,80)(H4,69,70,73)/b13-8+,40-20+,47-17-,51-42+/t48-,50+,53+,54+,55+,56+,57-,59-,61-,62+,63-,66+,67+/m0/s1. The van der Waals surface area contributed by atoms with Crippen molar-refractivity contribution in [2.45, 2.75) is 152 Å². The van der Waals surface area contributed by atoms with Gasteiger partial charge in [-0.15, -0.1) is 0 Å². The van der Waals surface area contributed by atoms with Crippen LogP contribution in [0.3, 0.4) is 0 Å². The maximum Gasteiger partial charge on any atom is 0.243 e. The predicted octanol–water partition coefficient (Wildman–Crippen LogP) is 6.60. The lowest BCUT2D eigenvalue weighted by atomic mass is 9.45. The number of ketones is 1. The van der Waals surface area contributed by atoms with Crippen molar-refractivity contribution in [2.24, 2.45) is 51.3 Å². The number of allylic oxidation sites excluding steroid dienone is 5. The molecule has 15 heteroatoms. The monoisotopic (exact) mass is 1120 g/mol. The number of benzene rings is 3. The first-order valence-electron chi connectivity index (χ1n) is 29.7. The molecule has 1 spiro atoms. The summed E-state index contributed by atoms with van der Waals surface area (Å²) in [6.45, 7) is 11.8. The van der Waals surface area contributed by atoms with E-state index in [0.717, 1.165) is 59.2 Å². The highest BCUT2D eigenvalue weighted by atomic mass is 16.5. The largest absolute Gasteiger partial charge is 0.508 e. The van der Waals surface area contributed by atoms with Gasteiger partial charge < -0.3 is 58.1 Å². The SMILES string of the molecule is C=C1/C=C/C=C(\[C@H]2C[C@@H]3CCC[C@@]4(O)CC/C5=C(/C)C(=O)Cc6cccc7c6[C@H](NC[C@H](O)[C@@H]([C@H](CN=C(N)N)c6ccc(O)cc6)Cc6cccc(c6)C[C@H](O)CC[C@H]5[C@@]34[C@@H]2O)C(=O)N[C@@H]7N)COCC#CC/C(C)=C/C[C@@H]1NCC. The number of aliphatic imine (C=N–C) groups is 1. The van der Waals surface area contributed by atoms with E-state index in [-0.39, 0.29) is 68.1 Å². The Morgan fingerprint density at radius 3 is 2.52 bits per heavy atom. The summed E-state index contributed by atoms with van der Waals surface area (Å²) in [5, 5.41) is 72.0. The summed E-state index contributed by atoms with van der Waals surface area (Å²) in [4.78, 5) is 34.0. The number of nitrogens with zero attached hydrogens (tertiary/aromatic N) is 1. The Morgan fingerprint density at radius 1 is 0.988 bits per heavy atom. The number of aliphatic hydroxyl groups excluding tert-OH is 3. The van der Waals surface area contributed by atoms with Crippen LogP contribution in [0.4, 0.5) is 0 Å². The molecule has 6 aliphatic rings. The van der Waals surface area contributed by atoms with Gasteiger partial charge in [0.15, 0.2) is 11.7 Å². The van der Waals surface area contributed by atoms with Gasteiger partial charge in [-0.1, -0.05) is 122 Å². The topological polar surface area (TPSA) is 271 Å². The minimum Gasteiger partial charge on any atom is -0.508 e. The van der Waals surface area contributed by atoms with Gasteiger partial charge in [0, 0.05) is 49.2 Å². The fraction of sp³-hybridized carbons (Fsp3) is 0.507. The van der Waals surface area contributed by atoms with Gasteiger partial charge in [0.25, 0.3) is 0 Å². The lowest BCUT2D eigenvalue weighted by Gasteiger charge is -2.61. The fourth-order valence-corrected chi connectivity index (χ4v) is 15.2. The van der Waals surface area contributed by atoms with Crippen LogP contribution in [0.5, 0.6) is 5.75 Å². The molecule has 438 valence electrons. The number of aliphatic hydroxyl groups is 4. The maximum absolute atomic E-state index is 15.3. The van der Waals surface area contributed by atoms with E-state index in [0.29, 0.717) is 80.1 Å². The zero-order chi connectivity index (χ0) is 58.3. The molecule has 3 saturated carbocycles. The first kappa shape index (κ1) is 60.4. The number of nitrogens with two attached hydrogens (primary N) is 3. The Morgan fingerprint density at radius 2 is 1.76 bits per heavy atom. The number of Topliss-reactive ketones (excluding diaryl/α,β-unsaturated/α-hetero) is 1. The van der Waals surface area contributed by atoms with E-state index in [2.05, 4.69) is 65.4 Å². The van der Waals surface area contributed by atoms with E-state index < -0.39 is 65.2 Å². The third-order valence-electron chi connectivity index (χ3n) is 19.2. The van der Waals surface area contributed by atoms with Gasteiger partial charge in [-0.25, -0.2) is 0 Å². The van der Waals surface area contributed by atoms with Crippen molar-refractivity contribution in [2.75, 3.05) is 32.8 Å². The number of phenolic OH excluding ortho intramolecular Hbond substituents is 1. The highest BCUT2D eigenvalue weighted by molar-refractivity contribution is 5.98.